The SMILES string of the molecule is C[C@H](O)CNCCNCc1ccc(OCc2ccccc2Cl)cc1. The molecule has 1 atom stereocenters. The number of rotatable bonds is 10. The van der Waals surface area contributed by atoms with Crippen LogP contribution in [0.15, 0.2) is 48.5 Å². The molecule has 2 aromatic carbocycles. The third-order valence-electron chi connectivity index (χ3n) is 3.52. The first kappa shape index (κ1) is 18.7. The van der Waals surface area contributed by atoms with Gasteiger partial charge in [-0.05, 0) is 30.7 Å². The average Bonchev–Trinajstić information content (AvgIpc) is 2.58. The van der Waals surface area contributed by atoms with Crippen LogP contribution in [0.4, 0.5) is 0 Å². The molecule has 0 aliphatic carbocycles. The lowest BCUT2D eigenvalue weighted by atomic mass is 10.2. The second-order valence-corrected chi connectivity index (χ2v) is 6.16. The van der Waals surface area contributed by atoms with E-state index in [1.807, 2.05) is 36.4 Å². The molecule has 24 heavy (non-hydrogen) atoms. The smallest absolute Gasteiger partial charge is 0.119 e. The second kappa shape index (κ2) is 10.3. The van der Waals surface area contributed by atoms with Gasteiger partial charge in [0.1, 0.15) is 12.4 Å². The summed E-state index contributed by atoms with van der Waals surface area (Å²) in [5.41, 5.74) is 2.19. The van der Waals surface area contributed by atoms with Crippen molar-refractivity contribution < 1.29 is 9.84 Å². The molecule has 0 amide bonds. The standard InChI is InChI=1S/C19H25ClN2O2/c1-15(23)12-21-10-11-22-13-16-6-8-18(9-7-16)24-14-17-4-2-3-5-19(17)20/h2-9,15,21-23H,10-14H2,1H3/t15-/m0/s1. The van der Waals surface area contributed by atoms with Gasteiger partial charge < -0.3 is 20.5 Å². The van der Waals surface area contributed by atoms with Crippen molar-refractivity contribution in [1.82, 2.24) is 10.6 Å². The van der Waals surface area contributed by atoms with Crippen molar-refractivity contribution in [3.05, 3.63) is 64.7 Å². The molecule has 0 radical (unpaired) electrons. The monoisotopic (exact) mass is 348 g/mol. The predicted molar refractivity (Wildman–Crippen MR) is 98.5 cm³/mol. The van der Waals surface area contributed by atoms with E-state index in [0.29, 0.717) is 13.2 Å². The first-order chi connectivity index (χ1) is 11.6. The van der Waals surface area contributed by atoms with Gasteiger partial charge in [0.25, 0.3) is 0 Å². The van der Waals surface area contributed by atoms with Gasteiger partial charge in [-0.1, -0.05) is 41.9 Å². The highest BCUT2D eigenvalue weighted by atomic mass is 35.5. The molecule has 0 heterocycles. The van der Waals surface area contributed by atoms with Crippen molar-refractivity contribution in [2.75, 3.05) is 19.6 Å². The Morgan fingerprint density at radius 2 is 1.75 bits per heavy atom. The molecule has 0 bridgehead atoms. The summed E-state index contributed by atoms with van der Waals surface area (Å²) in [5, 5.41) is 16.4. The fourth-order valence-electron chi connectivity index (χ4n) is 2.20. The largest absolute Gasteiger partial charge is 0.489 e. The van der Waals surface area contributed by atoms with E-state index in [4.69, 9.17) is 21.4 Å². The number of ether oxygens (including phenoxy) is 1. The van der Waals surface area contributed by atoms with Gasteiger partial charge >= 0.3 is 0 Å². The predicted octanol–water partition coefficient (Wildman–Crippen LogP) is 2.98. The maximum atomic E-state index is 9.14. The molecule has 0 aliphatic heterocycles. The van der Waals surface area contributed by atoms with Gasteiger partial charge in [0.15, 0.2) is 0 Å². The van der Waals surface area contributed by atoms with Crippen LogP contribution in [0.3, 0.4) is 0 Å². The second-order valence-electron chi connectivity index (χ2n) is 5.75. The van der Waals surface area contributed by atoms with E-state index in [1.165, 1.54) is 5.56 Å². The molecule has 0 unspecified atom stereocenters. The lowest BCUT2D eigenvalue weighted by molar-refractivity contribution is 0.191. The number of hydrogen-bond donors (Lipinski definition) is 3. The van der Waals surface area contributed by atoms with Gasteiger partial charge in [-0.3, -0.25) is 0 Å². The fourth-order valence-corrected chi connectivity index (χ4v) is 2.39. The normalized spacial score (nSPS) is 12.1. The topological polar surface area (TPSA) is 53.5 Å². The van der Waals surface area contributed by atoms with E-state index in [1.54, 1.807) is 6.92 Å². The van der Waals surface area contributed by atoms with Gasteiger partial charge in [0.2, 0.25) is 0 Å². The van der Waals surface area contributed by atoms with Crippen LogP contribution in [-0.4, -0.2) is 30.8 Å². The maximum Gasteiger partial charge on any atom is 0.119 e. The highest BCUT2D eigenvalue weighted by Gasteiger charge is 2.01. The van der Waals surface area contributed by atoms with Gasteiger partial charge in [-0.15, -0.1) is 0 Å². The first-order valence-corrected chi connectivity index (χ1v) is 8.57. The summed E-state index contributed by atoms with van der Waals surface area (Å²) in [6, 6.07) is 15.7. The Hall–Kier alpha value is -1.59. The van der Waals surface area contributed by atoms with Crippen molar-refractivity contribution in [2.45, 2.75) is 26.2 Å². The molecule has 0 fully saturated rings. The summed E-state index contributed by atoms with van der Waals surface area (Å²) in [6.45, 7) is 5.36. The molecule has 5 heteroatoms. The van der Waals surface area contributed by atoms with Crippen molar-refractivity contribution >= 4 is 11.6 Å². The van der Waals surface area contributed by atoms with Crippen molar-refractivity contribution in [2.24, 2.45) is 0 Å². The molecule has 0 aliphatic rings. The number of hydrogen-bond acceptors (Lipinski definition) is 4. The molecule has 4 nitrogen and oxygen atoms in total. The van der Waals surface area contributed by atoms with E-state index in [2.05, 4.69) is 22.8 Å². The Bertz CT molecular complexity index is 603. The summed E-state index contributed by atoms with van der Waals surface area (Å²) in [7, 11) is 0. The average molecular weight is 349 g/mol. The molecule has 2 rings (SSSR count). The van der Waals surface area contributed by atoms with Crippen molar-refractivity contribution in [3.63, 3.8) is 0 Å². The number of aliphatic hydroxyl groups excluding tert-OH is 1. The highest BCUT2D eigenvalue weighted by Crippen LogP contribution is 2.18. The zero-order valence-electron chi connectivity index (χ0n) is 14.0. The van der Waals surface area contributed by atoms with Gasteiger partial charge in [0.05, 0.1) is 6.10 Å². The van der Waals surface area contributed by atoms with E-state index in [0.717, 1.165) is 36.0 Å². The van der Waals surface area contributed by atoms with Crippen LogP contribution in [0.2, 0.25) is 5.02 Å². The third kappa shape index (κ3) is 6.89. The van der Waals surface area contributed by atoms with E-state index >= 15 is 0 Å². The Morgan fingerprint density at radius 3 is 2.46 bits per heavy atom. The minimum absolute atomic E-state index is 0.302. The van der Waals surface area contributed by atoms with Gasteiger partial charge in [-0.2, -0.15) is 0 Å². The number of aliphatic hydroxyl groups is 1. The zero-order valence-corrected chi connectivity index (χ0v) is 14.7. The maximum absolute atomic E-state index is 9.14. The van der Waals surface area contributed by atoms with Crippen LogP contribution in [0.1, 0.15) is 18.1 Å². The zero-order chi connectivity index (χ0) is 17.2. The van der Waals surface area contributed by atoms with Crippen molar-refractivity contribution in [1.29, 1.82) is 0 Å². The Balaban J connectivity index is 1.68. The number of halogens is 1. The molecule has 0 aromatic heterocycles. The molecular formula is C19H25ClN2O2. The van der Waals surface area contributed by atoms with Crippen molar-refractivity contribution in [3.8, 4) is 5.75 Å². The Kier molecular flexibility index (Phi) is 8.05. The lowest BCUT2D eigenvalue weighted by Gasteiger charge is -2.10. The van der Waals surface area contributed by atoms with Crippen LogP contribution in [-0.2, 0) is 13.2 Å². The first-order valence-electron chi connectivity index (χ1n) is 8.20. The summed E-state index contributed by atoms with van der Waals surface area (Å²) < 4.78 is 5.77. The van der Waals surface area contributed by atoms with E-state index in [9.17, 15) is 0 Å². The lowest BCUT2D eigenvalue weighted by Crippen LogP contribution is -2.31. The van der Waals surface area contributed by atoms with Crippen LogP contribution < -0.4 is 15.4 Å². The highest BCUT2D eigenvalue weighted by molar-refractivity contribution is 6.31. The Labute approximate surface area is 148 Å². The molecule has 2 aromatic rings. The molecular weight excluding hydrogens is 324 g/mol. The van der Waals surface area contributed by atoms with Gasteiger partial charge in [0, 0.05) is 36.8 Å². The minimum atomic E-state index is -0.302. The molecule has 3 N–H and O–H groups in total. The van der Waals surface area contributed by atoms with Crippen LogP contribution >= 0.6 is 11.6 Å². The minimum Gasteiger partial charge on any atom is -0.489 e. The number of nitrogens with one attached hydrogen (secondary N) is 2. The quantitative estimate of drug-likeness (QED) is 0.578. The van der Waals surface area contributed by atoms with Crippen LogP contribution in [0, 0.1) is 0 Å². The molecule has 0 saturated carbocycles. The molecule has 0 spiro atoms. The Morgan fingerprint density at radius 1 is 1.04 bits per heavy atom. The fraction of sp³-hybridized carbons (Fsp3) is 0.368. The summed E-state index contributed by atoms with van der Waals surface area (Å²) >= 11 is 6.12. The number of benzene rings is 2. The van der Waals surface area contributed by atoms with E-state index < -0.39 is 0 Å². The van der Waals surface area contributed by atoms with Crippen LogP contribution in [0.25, 0.3) is 0 Å². The van der Waals surface area contributed by atoms with Gasteiger partial charge in [-0.25, -0.2) is 0 Å². The van der Waals surface area contributed by atoms with E-state index in [-0.39, 0.29) is 6.10 Å². The summed E-state index contributed by atoms with van der Waals surface area (Å²) in [6.07, 6.45) is -0.302. The third-order valence-corrected chi connectivity index (χ3v) is 3.89. The van der Waals surface area contributed by atoms with Crippen LogP contribution in [0.5, 0.6) is 5.75 Å². The molecule has 0 saturated heterocycles. The molecule has 130 valence electrons. The summed E-state index contributed by atoms with van der Waals surface area (Å²) in [4.78, 5) is 0. The summed E-state index contributed by atoms with van der Waals surface area (Å²) in [5.74, 6) is 0.831.